The number of ether oxygens (including phenoxy) is 3. The molecule has 0 aromatic rings. The molecule has 4 nitrogen and oxygen atoms in total. The summed E-state index contributed by atoms with van der Waals surface area (Å²) in [6.45, 7) is 17.7. The molecule has 0 N–H and O–H groups in total. The van der Waals surface area contributed by atoms with E-state index in [0.717, 1.165) is 57.8 Å². The summed E-state index contributed by atoms with van der Waals surface area (Å²) in [6, 6.07) is 0. The lowest BCUT2D eigenvalue weighted by atomic mass is 9.33. The molecular weight excluding hydrogens is 532 g/mol. The molecule has 5 aliphatic carbocycles. The number of rotatable bonds is 6. The fraction of sp³-hybridized carbons (Fsp3) is 0.769. The summed E-state index contributed by atoms with van der Waals surface area (Å²) in [6.07, 6.45) is 28.3. The largest absolute Gasteiger partial charge is 0.452 e. The average molecular weight is 587 g/mol. The van der Waals surface area contributed by atoms with E-state index in [0.29, 0.717) is 11.8 Å². The van der Waals surface area contributed by atoms with E-state index in [1.807, 2.05) is 0 Å². The van der Waals surface area contributed by atoms with Gasteiger partial charge in [-0.15, -0.1) is 19.3 Å². The molecule has 0 spiro atoms. The minimum Gasteiger partial charge on any atom is -0.452 e. The summed E-state index contributed by atoms with van der Waals surface area (Å²) in [7, 11) is 0. The van der Waals surface area contributed by atoms with Crippen LogP contribution in [-0.4, -0.2) is 38.0 Å². The Hall–Kier alpha value is -2.19. The van der Waals surface area contributed by atoms with Gasteiger partial charge in [0.25, 0.3) is 0 Å². The van der Waals surface area contributed by atoms with Gasteiger partial charge in [0.05, 0.1) is 17.6 Å². The molecule has 4 saturated carbocycles. The molecule has 9 atom stereocenters. The minimum atomic E-state index is -0.468. The van der Waals surface area contributed by atoms with Crippen molar-refractivity contribution in [2.75, 3.05) is 19.8 Å². The highest BCUT2D eigenvalue weighted by atomic mass is 16.5. The number of hydrogen-bond acceptors (Lipinski definition) is 4. The van der Waals surface area contributed by atoms with Crippen LogP contribution >= 0.6 is 0 Å². The Bertz CT molecular complexity index is 1270. The summed E-state index contributed by atoms with van der Waals surface area (Å²) in [4.78, 5) is 13.8. The van der Waals surface area contributed by atoms with Crippen LogP contribution in [0.1, 0.15) is 106 Å². The van der Waals surface area contributed by atoms with Crippen molar-refractivity contribution in [3.63, 3.8) is 0 Å². The molecule has 0 aromatic heterocycles. The molecule has 0 radical (unpaired) electrons. The monoisotopic (exact) mass is 586 g/mol. The molecule has 43 heavy (non-hydrogen) atoms. The number of carbonyl (C=O) groups excluding carboxylic acids is 1. The van der Waals surface area contributed by atoms with Crippen molar-refractivity contribution in [2.24, 2.45) is 50.2 Å². The predicted molar refractivity (Wildman–Crippen MR) is 171 cm³/mol. The molecule has 0 bridgehead atoms. The van der Waals surface area contributed by atoms with Gasteiger partial charge >= 0.3 is 5.97 Å². The van der Waals surface area contributed by atoms with Gasteiger partial charge in [0.1, 0.15) is 13.2 Å². The first-order valence-electron chi connectivity index (χ1n) is 16.6. The first kappa shape index (κ1) is 32.2. The number of allylic oxidation sites excluding steroid dienone is 2. The normalized spacial score (nSPS) is 44.0. The van der Waals surface area contributed by atoms with E-state index in [-0.39, 0.29) is 71.0 Å². The van der Waals surface area contributed by atoms with Crippen LogP contribution in [0.5, 0.6) is 0 Å². The Morgan fingerprint density at radius 1 is 0.837 bits per heavy atom. The van der Waals surface area contributed by atoms with E-state index in [4.69, 9.17) is 33.5 Å². The van der Waals surface area contributed by atoms with Gasteiger partial charge in [-0.25, -0.2) is 0 Å². The Labute approximate surface area is 261 Å². The molecule has 4 fully saturated rings. The third-order valence-electron chi connectivity index (χ3n) is 13.9. The van der Waals surface area contributed by atoms with E-state index >= 15 is 0 Å². The standard InChI is InChI=1S/C39H54O4/c1-11-22-41-29-26-36(8)30(35(6,7)32(29)42-23-12-2)16-17-38(10)31(36)15-14-27-28-25-34(4,5)18-20-39(28,21-19-37(27,38)9)33(40)43-24-13-3/h1-3,14,28-32H,15-26H2,4-10H3/t28?,29-,30?,31?,32+,36+,37-,38-,39+/m1/s1. The number of terminal acetylenes is 3. The lowest BCUT2D eigenvalue weighted by molar-refractivity contribution is -0.246. The average Bonchev–Trinajstić information content (AvgIpc) is 2.94. The second-order valence-electron chi connectivity index (χ2n) is 16.7. The fourth-order valence-corrected chi connectivity index (χ4v) is 11.7. The summed E-state index contributed by atoms with van der Waals surface area (Å²) in [5.74, 6) is 8.97. The van der Waals surface area contributed by atoms with Crippen molar-refractivity contribution in [3.8, 4) is 37.0 Å². The van der Waals surface area contributed by atoms with Crippen molar-refractivity contribution in [1.29, 1.82) is 0 Å². The van der Waals surface area contributed by atoms with Gasteiger partial charge in [0, 0.05) is 0 Å². The second kappa shape index (κ2) is 11.0. The van der Waals surface area contributed by atoms with Crippen LogP contribution in [0.4, 0.5) is 0 Å². The van der Waals surface area contributed by atoms with Crippen LogP contribution in [-0.2, 0) is 19.0 Å². The topological polar surface area (TPSA) is 44.8 Å². The van der Waals surface area contributed by atoms with E-state index in [1.54, 1.807) is 0 Å². The fourth-order valence-electron chi connectivity index (χ4n) is 11.7. The maximum Gasteiger partial charge on any atom is 0.313 e. The number of fused-ring (bicyclic) bond motifs is 7. The minimum absolute atomic E-state index is 0.00795. The Morgan fingerprint density at radius 3 is 2.16 bits per heavy atom. The predicted octanol–water partition coefficient (Wildman–Crippen LogP) is 7.61. The number of hydrogen-bond donors (Lipinski definition) is 0. The summed E-state index contributed by atoms with van der Waals surface area (Å²) in [5, 5.41) is 0. The van der Waals surface area contributed by atoms with Crippen molar-refractivity contribution < 1.29 is 19.0 Å². The molecule has 5 aliphatic rings. The Balaban J connectivity index is 1.56. The highest BCUT2D eigenvalue weighted by Crippen LogP contribution is 2.76. The lowest BCUT2D eigenvalue weighted by Crippen LogP contribution is -2.67. The highest BCUT2D eigenvalue weighted by molar-refractivity contribution is 5.79. The van der Waals surface area contributed by atoms with Gasteiger partial charge in [-0.3, -0.25) is 4.79 Å². The van der Waals surface area contributed by atoms with Crippen LogP contribution in [0.15, 0.2) is 11.6 Å². The zero-order valence-electron chi connectivity index (χ0n) is 27.8. The maximum atomic E-state index is 13.8. The lowest BCUT2D eigenvalue weighted by Gasteiger charge is -2.71. The van der Waals surface area contributed by atoms with Crippen molar-refractivity contribution >= 4 is 5.97 Å². The maximum absolute atomic E-state index is 13.8. The van der Waals surface area contributed by atoms with E-state index < -0.39 is 5.41 Å². The first-order valence-corrected chi connectivity index (χ1v) is 16.6. The van der Waals surface area contributed by atoms with Gasteiger partial charge in [-0.1, -0.05) is 77.9 Å². The molecule has 0 amide bonds. The molecule has 3 unspecified atom stereocenters. The SMILES string of the molecule is C#CCOC(=O)[C@]12CCC(C)(C)CC1C1=CCC3[C@@]4(C)C[C@@H](OCC#C)[C@H](OCC#C)C(C)(C)C4CC[C@@]3(C)[C@]1(C)CC2. The Morgan fingerprint density at radius 2 is 1.49 bits per heavy atom. The smallest absolute Gasteiger partial charge is 0.313 e. The highest BCUT2D eigenvalue weighted by Gasteiger charge is 2.70. The zero-order valence-corrected chi connectivity index (χ0v) is 27.8. The molecular formula is C39H54O4. The molecule has 4 heteroatoms. The van der Waals surface area contributed by atoms with Gasteiger partial charge < -0.3 is 14.2 Å². The molecule has 0 heterocycles. The van der Waals surface area contributed by atoms with Gasteiger partial charge in [0.2, 0.25) is 0 Å². The number of carbonyl (C=O) groups is 1. The van der Waals surface area contributed by atoms with Crippen molar-refractivity contribution in [1.82, 2.24) is 0 Å². The molecule has 0 aromatic carbocycles. The molecule has 234 valence electrons. The van der Waals surface area contributed by atoms with E-state index in [1.165, 1.54) is 5.57 Å². The Kier molecular flexibility index (Phi) is 8.24. The van der Waals surface area contributed by atoms with Crippen LogP contribution in [0.3, 0.4) is 0 Å². The van der Waals surface area contributed by atoms with Crippen LogP contribution in [0, 0.1) is 87.3 Å². The van der Waals surface area contributed by atoms with Crippen LogP contribution in [0.2, 0.25) is 0 Å². The third-order valence-corrected chi connectivity index (χ3v) is 13.9. The quantitative estimate of drug-likeness (QED) is 0.183. The van der Waals surface area contributed by atoms with Crippen LogP contribution in [0.25, 0.3) is 0 Å². The van der Waals surface area contributed by atoms with Gasteiger partial charge in [0.15, 0.2) is 6.61 Å². The summed E-state index contributed by atoms with van der Waals surface area (Å²) in [5.41, 5.74) is 1.27. The molecule has 5 rings (SSSR count). The first-order chi connectivity index (χ1) is 20.2. The van der Waals surface area contributed by atoms with Crippen LogP contribution < -0.4 is 0 Å². The van der Waals surface area contributed by atoms with Crippen molar-refractivity contribution in [2.45, 2.75) is 118 Å². The van der Waals surface area contributed by atoms with E-state index in [9.17, 15) is 4.79 Å². The van der Waals surface area contributed by atoms with Gasteiger partial charge in [-0.05, 0) is 103 Å². The summed E-state index contributed by atoms with van der Waals surface area (Å²) >= 11 is 0. The second-order valence-corrected chi connectivity index (χ2v) is 16.7. The van der Waals surface area contributed by atoms with Gasteiger partial charge in [-0.2, -0.15) is 0 Å². The zero-order chi connectivity index (χ0) is 31.5. The molecule has 0 aliphatic heterocycles. The third kappa shape index (κ3) is 4.72. The summed E-state index contributed by atoms with van der Waals surface area (Å²) < 4.78 is 18.5. The number of esters is 1. The van der Waals surface area contributed by atoms with Crippen molar-refractivity contribution in [3.05, 3.63) is 11.6 Å². The molecule has 0 saturated heterocycles. The van der Waals surface area contributed by atoms with E-state index in [2.05, 4.69) is 72.3 Å².